The standard InChI is InChI=1S/C30H55N3S2/c1-21(2)8-6-9-22(3)24-10-7-11-28-27(23(4)12-13-24)15-14-25-20-26(16-17-30(25,28)5)35-34-19-18-33-29(31)32/h14,21-24,26-28H,6-13,15-20H2,1-5H3,(H4,31,32,33). The fraction of sp³-hybridized carbons (Fsp3) is 0.900. The zero-order chi connectivity index (χ0) is 25.4. The maximum absolute atomic E-state index is 5.45. The molecule has 0 amide bonds. The molecular formula is C30H55N3S2. The molecule has 0 bridgehead atoms. The molecule has 0 aromatic carbocycles. The molecule has 35 heavy (non-hydrogen) atoms. The van der Waals surface area contributed by atoms with Crippen LogP contribution in [-0.4, -0.2) is 23.5 Å². The number of rotatable bonds is 10. The van der Waals surface area contributed by atoms with Gasteiger partial charge in [-0.05, 0) is 79.4 Å². The van der Waals surface area contributed by atoms with Crippen LogP contribution in [-0.2, 0) is 0 Å². The van der Waals surface area contributed by atoms with Gasteiger partial charge in [-0.1, -0.05) is 106 Å². The third-order valence-electron chi connectivity index (χ3n) is 9.87. The highest BCUT2D eigenvalue weighted by Crippen LogP contribution is 2.58. The quantitative estimate of drug-likeness (QED) is 0.0995. The Balaban J connectivity index is 1.56. The van der Waals surface area contributed by atoms with E-state index in [1.807, 2.05) is 10.8 Å². The maximum atomic E-state index is 5.45. The monoisotopic (exact) mass is 521 g/mol. The van der Waals surface area contributed by atoms with Gasteiger partial charge in [-0.2, -0.15) is 0 Å². The van der Waals surface area contributed by atoms with Gasteiger partial charge in [-0.15, -0.1) is 0 Å². The molecule has 0 aliphatic heterocycles. The zero-order valence-corrected chi connectivity index (χ0v) is 25.1. The molecule has 7 unspecified atom stereocenters. The van der Waals surface area contributed by atoms with Gasteiger partial charge in [0.25, 0.3) is 0 Å². The Morgan fingerprint density at radius 3 is 2.66 bits per heavy atom. The van der Waals surface area contributed by atoms with Gasteiger partial charge in [-0.3, -0.25) is 4.99 Å². The van der Waals surface area contributed by atoms with Crippen LogP contribution in [0.5, 0.6) is 0 Å². The molecule has 3 aliphatic carbocycles. The SMILES string of the molecule is CC(C)CCCC(C)C1CCCC2C(CC=C3CC(SSCCN=C(N)N)CCC32C)C(C)CC1. The second kappa shape index (κ2) is 14.0. The highest BCUT2D eigenvalue weighted by Gasteiger charge is 2.48. The fourth-order valence-corrected chi connectivity index (χ4v) is 10.0. The molecular weight excluding hydrogens is 466 g/mol. The molecule has 3 aliphatic rings. The molecule has 0 radical (unpaired) electrons. The van der Waals surface area contributed by atoms with Crippen molar-refractivity contribution in [2.75, 3.05) is 12.3 Å². The van der Waals surface area contributed by atoms with Gasteiger partial charge in [0, 0.05) is 11.0 Å². The zero-order valence-electron chi connectivity index (χ0n) is 23.4. The van der Waals surface area contributed by atoms with Crippen molar-refractivity contribution in [2.45, 2.75) is 117 Å². The van der Waals surface area contributed by atoms with Gasteiger partial charge >= 0.3 is 0 Å². The Kier molecular flexibility index (Phi) is 11.7. The Labute approximate surface area is 225 Å². The third-order valence-corrected chi connectivity index (χ3v) is 12.8. The van der Waals surface area contributed by atoms with E-state index >= 15 is 0 Å². The molecule has 3 rings (SSSR count). The molecule has 0 spiro atoms. The van der Waals surface area contributed by atoms with Gasteiger partial charge in [0.1, 0.15) is 0 Å². The predicted molar refractivity (Wildman–Crippen MR) is 160 cm³/mol. The average Bonchev–Trinajstić information content (AvgIpc) is 2.88. The van der Waals surface area contributed by atoms with E-state index in [4.69, 9.17) is 11.5 Å². The van der Waals surface area contributed by atoms with Crippen LogP contribution in [0.15, 0.2) is 16.6 Å². The van der Waals surface area contributed by atoms with Crippen LogP contribution < -0.4 is 11.5 Å². The lowest BCUT2D eigenvalue weighted by atomic mass is 9.54. The van der Waals surface area contributed by atoms with E-state index in [2.05, 4.69) is 56.5 Å². The Morgan fingerprint density at radius 1 is 1.11 bits per heavy atom. The lowest BCUT2D eigenvalue weighted by Crippen LogP contribution is -2.43. The molecule has 2 saturated carbocycles. The van der Waals surface area contributed by atoms with Gasteiger partial charge in [-0.25, -0.2) is 0 Å². The number of allylic oxidation sites excluding steroid dienone is 2. The molecule has 2 fully saturated rings. The van der Waals surface area contributed by atoms with E-state index in [9.17, 15) is 0 Å². The van der Waals surface area contributed by atoms with Crippen LogP contribution >= 0.6 is 21.6 Å². The second-order valence-corrected chi connectivity index (χ2v) is 15.6. The largest absolute Gasteiger partial charge is 0.370 e. The maximum Gasteiger partial charge on any atom is 0.185 e. The Hall–Kier alpha value is -0.290. The number of hydrogen-bond donors (Lipinski definition) is 2. The van der Waals surface area contributed by atoms with Gasteiger partial charge in [0.05, 0.1) is 6.54 Å². The minimum Gasteiger partial charge on any atom is -0.370 e. The molecule has 0 saturated heterocycles. The highest BCUT2D eigenvalue weighted by molar-refractivity contribution is 8.76. The molecule has 3 nitrogen and oxygen atoms in total. The van der Waals surface area contributed by atoms with Crippen LogP contribution in [0.1, 0.15) is 112 Å². The molecule has 0 heterocycles. The summed E-state index contributed by atoms with van der Waals surface area (Å²) in [5, 5.41) is 0.750. The van der Waals surface area contributed by atoms with Crippen LogP contribution in [0.25, 0.3) is 0 Å². The first-order valence-electron chi connectivity index (χ1n) is 14.7. The summed E-state index contributed by atoms with van der Waals surface area (Å²) >= 11 is 0. The summed E-state index contributed by atoms with van der Waals surface area (Å²) in [5.41, 5.74) is 13.2. The summed E-state index contributed by atoms with van der Waals surface area (Å²) in [6, 6.07) is 0. The van der Waals surface area contributed by atoms with Crippen molar-refractivity contribution in [2.24, 2.45) is 57.4 Å². The molecule has 202 valence electrons. The van der Waals surface area contributed by atoms with Crippen LogP contribution in [0.4, 0.5) is 0 Å². The van der Waals surface area contributed by atoms with Crippen molar-refractivity contribution in [3.8, 4) is 0 Å². The van der Waals surface area contributed by atoms with E-state index in [-0.39, 0.29) is 5.96 Å². The Bertz CT molecular complexity index is 702. The summed E-state index contributed by atoms with van der Waals surface area (Å²) in [6.45, 7) is 13.3. The fourth-order valence-electron chi connectivity index (χ4n) is 7.55. The van der Waals surface area contributed by atoms with Crippen molar-refractivity contribution in [3.63, 3.8) is 0 Å². The summed E-state index contributed by atoms with van der Waals surface area (Å²) < 4.78 is 0. The predicted octanol–water partition coefficient (Wildman–Crippen LogP) is 8.44. The lowest BCUT2D eigenvalue weighted by molar-refractivity contribution is 0.0689. The smallest absolute Gasteiger partial charge is 0.185 e. The van der Waals surface area contributed by atoms with E-state index in [0.29, 0.717) is 5.41 Å². The van der Waals surface area contributed by atoms with Gasteiger partial charge < -0.3 is 11.5 Å². The first kappa shape index (κ1) is 29.3. The van der Waals surface area contributed by atoms with Crippen LogP contribution in [0.3, 0.4) is 0 Å². The molecule has 5 heteroatoms. The average molecular weight is 522 g/mol. The number of hydrogen-bond acceptors (Lipinski definition) is 3. The second-order valence-electron chi connectivity index (χ2n) is 12.8. The highest BCUT2D eigenvalue weighted by atomic mass is 33.1. The summed E-state index contributed by atoms with van der Waals surface area (Å²) in [7, 11) is 4.03. The number of nitrogens with two attached hydrogens (primary N) is 2. The first-order valence-corrected chi connectivity index (χ1v) is 17.1. The Morgan fingerprint density at radius 2 is 1.91 bits per heavy atom. The normalized spacial score (nSPS) is 34.6. The number of nitrogens with zero attached hydrogens (tertiary/aromatic N) is 1. The van der Waals surface area contributed by atoms with E-state index in [1.54, 1.807) is 5.57 Å². The van der Waals surface area contributed by atoms with Crippen LogP contribution in [0, 0.1) is 40.9 Å². The molecule has 0 aromatic heterocycles. The van der Waals surface area contributed by atoms with Crippen molar-refractivity contribution in [1.82, 2.24) is 0 Å². The third kappa shape index (κ3) is 8.35. The molecule has 7 atom stereocenters. The number of aliphatic imine (C=N–C) groups is 1. The number of fused-ring (bicyclic) bond motifs is 3. The van der Waals surface area contributed by atoms with E-state index < -0.39 is 0 Å². The van der Waals surface area contributed by atoms with Crippen molar-refractivity contribution >= 4 is 27.5 Å². The van der Waals surface area contributed by atoms with Gasteiger partial charge in [0.15, 0.2) is 5.96 Å². The lowest BCUT2D eigenvalue weighted by Gasteiger charge is -2.52. The summed E-state index contributed by atoms with van der Waals surface area (Å²) in [5.74, 6) is 6.58. The summed E-state index contributed by atoms with van der Waals surface area (Å²) in [4.78, 5) is 4.12. The molecule has 4 N–H and O–H groups in total. The van der Waals surface area contributed by atoms with E-state index in [0.717, 1.165) is 53.1 Å². The first-order chi connectivity index (χ1) is 16.7. The number of guanidine groups is 1. The molecule has 0 aromatic rings. The topological polar surface area (TPSA) is 64.4 Å². The summed E-state index contributed by atoms with van der Waals surface area (Å²) in [6.07, 6.45) is 19.6. The van der Waals surface area contributed by atoms with Crippen molar-refractivity contribution < 1.29 is 0 Å². The van der Waals surface area contributed by atoms with Crippen molar-refractivity contribution in [1.29, 1.82) is 0 Å². The van der Waals surface area contributed by atoms with E-state index in [1.165, 1.54) is 77.0 Å². The van der Waals surface area contributed by atoms with Gasteiger partial charge in [0.2, 0.25) is 0 Å². The van der Waals surface area contributed by atoms with Crippen LogP contribution in [0.2, 0.25) is 0 Å². The minimum absolute atomic E-state index is 0.210. The minimum atomic E-state index is 0.210. The van der Waals surface area contributed by atoms with Crippen molar-refractivity contribution in [3.05, 3.63) is 11.6 Å².